The van der Waals surface area contributed by atoms with Crippen LogP contribution in [0.15, 0.2) is 17.2 Å². The summed E-state index contributed by atoms with van der Waals surface area (Å²) in [6.45, 7) is 0.978. The molecule has 0 aromatic carbocycles. The highest BCUT2D eigenvalue weighted by molar-refractivity contribution is 8.18. The summed E-state index contributed by atoms with van der Waals surface area (Å²) in [5.74, 6) is -0.411. The highest BCUT2D eigenvalue weighted by Crippen LogP contribution is 2.26. The molecule has 8 heteroatoms. The van der Waals surface area contributed by atoms with Gasteiger partial charge in [0, 0.05) is 18.7 Å². The second-order valence-electron chi connectivity index (χ2n) is 5.42. The number of hydrogen-bond acceptors (Lipinski definition) is 6. The van der Waals surface area contributed by atoms with Crippen molar-refractivity contribution >= 4 is 29.0 Å². The molecule has 0 spiro atoms. The Labute approximate surface area is 132 Å². The number of aromatic nitrogens is 2. The Bertz CT molecular complexity index is 607. The number of rotatable bonds is 4. The molecule has 2 unspecified atom stereocenters. The molecule has 3 N–H and O–H groups in total. The molecule has 2 aliphatic rings. The lowest BCUT2D eigenvalue weighted by atomic mass is 10.0. The largest absolute Gasteiger partial charge is 0.372 e. The predicted octanol–water partition coefficient (Wildman–Crippen LogP) is 1.23. The third-order valence-corrected chi connectivity index (χ3v) is 4.62. The van der Waals surface area contributed by atoms with Crippen molar-refractivity contribution in [2.45, 2.75) is 38.0 Å². The van der Waals surface area contributed by atoms with Gasteiger partial charge in [0.25, 0.3) is 11.1 Å². The molecule has 2 saturated heterocycles. The molecular formula is C14H18N4O3S. The van der Waals surface area contributed by atoms with Gasteiger partial charge in [0.2, 0.25) is 0 Å². The number of piperidine rings is 1. The maximum absolute atomic E-state index is 11.6. The first kappa shape index (κ1) is 15.3. The minimum atomic E-state index is -0.761. The van der Waals surface area contributed by atoms with Gasteiger partial charge in [-0.1, -0.05) is 6.42 Å². The summed E-state index contributed by atoms with van der Waals surface area (Å²) >= 11 is 0.854. The molecule has 118 valence electrons. The molecule has 1 aromatic heterocycles. The third kappa shape index (κ3) is 3.40. The second-order valence-corrected chi connectivity index (χ2v) is 6.43. The molecule has 2 aliphatic heterocycles. The van der Waals surface area contributed by atoms with Crippen LogP contribution in [-0.4, -0.2) is 38.6 Å². The van der Waals surface area contributed by atoms with Crippen LogP contribution in [0.1, 0.15) is 37.6 Å². The van der Waals surface area contributed by atoms with Crippen molar-refractivity contribution in [1.82, 2.24) is 20.4 Å². The Balaban J connectivity index is 1.72. The van der Waals surface area contributed by atoms with Crippen LogP contribution in [0.5, 0.6) is 0 Å². The maximum Gasteiger partial charge on any atom is 0.290 e. The number of carbonyl (C=O) groups is 2. The summed E-state index contributed by atoms with van der Waals surface area (Å²) in [7, 11) is 0. The van der Waals surface area contributed by atoms with Crippen molar-refractivity contribution in [2.75, 3.05) is 6.54 Å². The highest BCUT2D eigenvalue weighted by Gasteiger charge is 2.26. The Morgan fingerprint density at radius 3 is 3.05 bits per heavy atom. The monoisotopic (exact) mass is 322 g/mol. The van der Waals surface area contributed by atoms with Gasteiger partial charge in [-0.05, 0) is 43.3 Å². The van der Waals surface area contributed by atoms with E-state index < -0.39 is 12.1 Å². The number of nitrogens with one attached hydrogen (secondary N) is 2. The molecular weight excluding hydrogens is 304 g/mol. The zero-order valence-electron chi connectivity index (χ0n) is 12.0. The molecule has 1 aromatic rings. The van der Waals surface area contributed by atoms with Crippen LogP contribution in [-0.2, 0) is 4.79 Å². The number of carbonyl (C=O) groups excluding carboxylic acids is 2. The van der Waals surface area contributed by atoms with Gasteiger partial charge in [-0.2, -0.15) is 5.10 Å². The van der Waals surface area contributed by atoms with E-state index in [0.29, 0.717) is 17.0 Å². The summed E-state index contributed by atoms with van der Waals surface area (Å²) in [5.41, 5.74) is 0.607. The topological polar surface area (TPSA) is 96.2 Å². The van der Waals surface area contributed by atoms with Crippen molar-refractivity contribution in [2.24, 2.45) is 0 Å². The minimum Gasteiger partial charge on any atom is -0.372 e. The molecule has 3 rings (SSSR count). The Morgan fingerprint density at radius 2 is 2.36 bits per heavy atom. The van der Waals surface area contributed by atoms with Gasteiger partial charge in [0.15, 0.2) is 0 Å². The van der Waals surface area contributed by atoms with E-state index in [-0.39, 0.29) is 11.3 Å². The minimum absolute atomic E-state index is 0.277. The Hall–Kier alpha value is -1.64. The predicted molar refractivity (Wildman–Crippen MR) is 82.8 cm³/mol. The quantitative estimate of drug-likeness (QED) is 0.722. The molecule has 0 saturated carbocycles. The van der Waals surface area contributed by atoms with Gasteiger partial charge in [0.05, 0.1) is 10.6 Å². The second kappa shape index (κ2) is 6.64. The molecule has 2 fully saturated rings. The summed E-state index contributed by atoms with van der Waals surface area (Å²) < 4.78 is 1.49. The molecule has 2 amide bonds. The number of aliphatic hydroxyl groups is 1. The van der Waals surface area contributed by atoms with E-state index in [9.17, 15) is 14.7 Å². The van der Waals surface area contributed by atoms with E-state index in [4.69, 9.17) is 0 Å². The average molecular weight is 322 g/mol. The summed E-state index contributed by atoms with van der Waals surface area (Å²) in [6.07, 6.45) is 6.34. The first-order valence-corrected chi connectivity index (χ1v) is 8.15. The lowest BCUT2D eigenvalue weighted by molar-refractivity contribution is -0.115. The van der Waals surface area contributed by atoms with E-state index in [0.717, 1.165) is 24.7 Å². The fourth-order valence-electron chi connectivity index (χ4n) is 2.72. The van der Waals surface area contributed by atoms with Crippen LogP contribution in [0.4, 0.5) is 4.79 Å². The highest BCUT2D eigenvalue weighted by atomic mass is 32.2. The van der Waals surface area contributed by atoms with Gasteiger partial charge < -0.3 is 10.4 Å². The fourth-order valence-corrected chi connectivity index (χ4v) is 3.39. The smallest absolute Gasteiger partial charge is 0.290 e. The van der Waals surface area contributed by atoms with E-state index >= 15 is 0 Å². The lowest BCUT2D eigenvalue weighted by Gasteiger charge is -2.26. The standard InChI is InChI=1S/C14H18N4O3S/c19-12(7-9-3-1-2-5-15-9)18-10(4-6-16-18)8-11-13(20)17-14(21)22-11/h4,6,8-9,12,15,19H,1-3,5,7H2,(H,17,20,21)/b11-8-. The first-order valence-electron chi connectivity index (χ1n) is 7.33. The van der Waals surface area contributed by atoms with Crippen molar-refractivity contribution in [1.29, 1.82) is 0 Å². The molecule has 2 atom stereocenters. The van der Waals surface area contributed by atoms with Crippen molar-refractivity contribution < 1.29 is 14.7 Å². The number of amides is 2. The van der Waals surface area contributed by atoms with Crippen LogP contribution < -0.4 is 10.6 Å². The van der Waals surface area contributed by atoms with Crippen LogP contribution in [0.2, 0.25) is 0 Å². The van der Waals surface area contributed by atoms with Crippen LogP contribution in [0.25, 0.3) is 6.08 Å². The maximum atomic E-state index is 11.6. The van der Waals surface area contributed by atoms with Crippen molar-refractivity contribution in [3.63, 3.8) is 0 Å². The van der Waals surface area contributed by atoms with E-state index in [1.165, 1.54) is 17.5 Å². The van der Waals surface area contributed by atoms with Crippen molar-refractivity contribution in [3.8, 4) is 0 Å². The Morgan fingerprint density at radius 1 is 1.50 bits per heavy atom. The average Bonchev–Trinajstić information content (AvgIpc) is 3.07. The van der Waals surface area contributed by atoms with Crippen LogP contribution >= 0.6 is 11.8 Å². The lowest BCUT2D eigenvalue weighted by Crippen LogP contribution is -2.36. The fraction of sp³-hybridized carbons (Fsp3) is 0.500. The van der Waals surface area contributed by atoms with Gasteiger partial charge >= 0.3 is 0 Å². The molecule has 22 heavy (non-hydrogen) atoms. The van der Waals surface area contributed by atoms with E-state index in [1.54, 1.807) is 18.3 Å². The third-order valence-electron chi connectivity index (χ3n) is 3.81. The molecule has 0 aliphatic carbocycles. The summed E-state index contributed by atoms with van der Waals surface area (Å²) in [5, 5.41) is 19.7. The van der Waals surface area contributed by atoms with E-state index in [1.807, 2.05) is 0 Å². The van der Waals surface area contributed by atoms with Crippen molar-refractivity contribution in [3.05, 3.63) is 22.9 Å². The first-order chi connectivity index (χ1) is 10.6. The van der Waals surface area contributed by atoms with E-state index in [2.05, 4.69) is 15.7 Å². The molecule has 0 bridgehead atoms. The Kier molecular flexibility index (Phi) is 4.60. The van der Waals surface area contributed by atoms with Gasteiger partial charge in [-0.3, -0.25) is 14.9 Å². The van der Waals surface area contributed by atoms with Crippen LogP contribution in [0.3, 0.4) is 0 Å². The number of hydrogen-bond donors (Lipinski definition) is 3. The zero-order valence-corrected chi connectivity index (χ0v) is 12.8. The molecule has 3 heterocycles. The van der Waals surface area contributed by atoms with Gasteiger partial charge in [0.1, 0.15) is 6.23 Å². The zero-order chi connectivity index (χ0) is 15.5. The SMILES string of the molecule is O=C1NC(=O)/C(=C/c2ccnn2C(O)CC2CCCCN2)S1. The normalized spacial score (nSPS) is 25.5. The summed E-state index contributed by atoms with van der Waals surface area (Å²) in [6, 6.07) is 1.99. The van der Waals surface area contributed by atoms with Gasteiger partial charge in [-0.15, -0.1) is 0 Å². The number of nitrogens with zero attached hydrogens (tertiary/aromatic N) is 2. The van der Waals surface area contributed by atoms with Crippen LogP contribution in [0, 0.1) is 0 Å². The summed E-state index contributed by atoms with van der Waals surface area (Å²) in [4.78, 5) is 23.1. The molecule has 0 radical (unpaired) electrons. The number of imide groups is 1. The molecule has 7 nitrogen and oxygen atoms in total. The number of thioether (sulfide) groups is 1. The van der Waals surface area contributed by atoms with Gasteiger partial charge in [-0.25, -0.2) is 4.68 Å². The number of aliphatic hydroxyl groups excluding tert-OH is 1.